The van der Waals surface area contributed by atoms with Gasteiger partial charge in [0.25, 0.3) is 0 Å². The van der Waals surface area contributed by atoms with Crippen LogP contribution in [0.5, 0.6) is 0 Å². The van der Waals surface area contributed by atoms with Crippen LogP contribution in [0.2, 0.25) is 0 Å². The molecular formula is C18H28N2O2S. The predicted octanol–water partition coefficient (Wildman–Crippen LogP) is 2.89. The largest absolute Gasteiger partial charge is 0.393 e. The van der Waals surface area contributed by atoms with Crippen LogP contribution in [-0.2, 0) is 4.79 Å². The Labute approximate surface area is 143 Å². The Kier molecular flexibility index (Phi) is 5.39. The first-order chi connectivity index (χ1) is 11.1. The number of amides is 1. The van der Waals surface area contributed by atoms with Crippen LogP contribution in [0.15, 0.2) is 17.5 Å². The van der Waals surface area contributed by atoms with E-state index in [-0.39, 0.29) is 24.1 Å². The molecule has 1 aliphatic heterocycles. The van der Waals surface area contributed by atoms with E-state index in [4.69, 9.17) is 0 Å². The highest BCUT2D eigenvalue weighted by Crippen LogP contribution is 2.35. The summed E-state index contributed by atoms with van der Waals surface area (Å²) in [5, 5.41) is 12.1. The van der Waals surface area contributed by atoms with Crippen LogP contribution in [0.1, 0.15) is 49.9 Å². The van der Waals surface area contributed by atoms with Gasteiger partial charge in [-0.2, -0.15) is 0 Å². The molecule has 128 valence electrons. The first-order valence-corrected chi connectivity index (χ1v) is 9.68. The Morgan fingerprint density at radius 2 is 2.26 bits per heavy atom. The highest BCUT2D eigenvalue weighted by molar-refractivity contribution is 7.10. The number of nitrogens with zero attached hydrogens (tertiary/aromatic N) is 2. The first kappa shape index (κ1) is 16.9. The minimum Gasteiger partial charge on any atom is -0.393 e. The van der Waals surface area contributed by atoms with Crippen molar-refractivity contribution in [3.63, 3.8) is 0 Å². The number of carbonyl (C=O) groups excluding carboxylic acids is 1. The molecule has 5 heteroatoms. The zero-order valence-corrected chi connectivity index (χ0v) is 15.0. The second-order valence-electron chi connectivity index (χ2n) is 7.08. The molecule has 0 spiro atoms. The van der Waals surface area contributed by atoms with Crippen molar-refractivity contribution < 1.29 is 9.90 Å². The summed E-state index contributed by atoms with van der Waals surface area (Å²) >= 11 is 1.75. The number of likely N-dealkylation sites (N-methyl/N-ethyl adjacent to an activating group) is 1. The fourth-order valence-electron chi connectivity index (χ4n) is 3.99. The van der Waals surface area contributed by atoms with E-state index in [0.29, 0.717) is 5.92 Å². The summed E-state index contributed by atoms with van der Waals surface area (Å²) in [6.45, 7) is 3.69. The fourth-order valence-corrected chi connectivity index (χ4v) is 4.87. The molecule has 2 fully saturated rings. The van der Waals surface area contributed by atoms with Crippen molar-refractivity contribution >= 4 is 17.2 Å². The quantitative estimate of drug-likeness (QED) is 0.899. The van der Waals surface area contributed by atoms with Crippen LogP contribution in [0, 0.1) is 5.92 Å². The third-order valence-corrected chi connectivity index (χ3v) is 6.54. The maximum atomic E-state index is 13.0. The summed E-state index contributed by atoms with van der Waals surface area (Å²) < 4.78 is 0. The molecule has 2 heterocycles. The summed E-state index contributed by atoms with van der Waals surface area (Å²) in [5.41, 5.74) is 0. The fraction of sp³-hybridized carbons (Fsp3) is 0.722. The van der Waals surface area contributed by atoms with E-state index in [1.165, 1.54) is 4.88 Å². The van der Waals surface area contributed by atoms with Crippen LogP contribution in [0.4, 0.5) is 0 Å². The van der Waals surface area contributed by atoms with E-state index < -0.39 is 0 Å². The van der Waals surface area contributed by atoms with Crippen molar-refractivity contribution in [1.82, 2.24) is 9.80 Å². The van der Waals surface area contributed by atoms with Crippen LogP contribution >= 0.6 is 11.3 Å². The normalized spacial score (nSPS) is 29.4. The lowest BCUT2D eigenvalue weighted by atomic mass is 10.0. The molecule has 23 heavy (non-hydrogen) atoms. The van der Waals surface area contributed by atoms with Crippen LogP contribution in [0.3, 0.4) is 0 Å². The summed E-state index contributed by atoms with van der Waals surface area (Å²) in [6.07, 6.45) is 5.07. The number of likely N-dealkylation sites (tertiary alicyclic amines) is 1. The van der Waals surface area contributed by atoms with E-state index in [0.717, 1.165) is 45.2 Å². The van der Waals surface area contributed by atoms with Crippen molar-refractivity contribution in [2.45, 2.75) is 57.2 Å². The Bertz CT molecular complexity index is 519. The number of hydrogen-bond acceptors (Lipinski definition) is 4. The number of rotatable bonds is 5. The predicted molar refractivity (Wildman–Crippen MR) is 93.4 cm³/mol. The molecule has 4 unspecified atom stereocenters. The highest BCUT2D eigenvalue weighted by atomic mass is 32.1. The summed E-state index contributed by atoms with van der Waals surface area (Å²) in [5.74, 6) is 0.554. The van der Waals surface area contributed by atoms with Gasteiger partial charge in [-0.15, -0.1) is 11.3 Å². The monoisotopic (exact) mass is 336 g/mol. The van der Waals surface area contributed by atoms with E-state index >= 15 is 0 Å². The molecule has 4 nitrogen and oxygen atoms in total. The maximum Gasteiger partial charge on any atom is 0.240 e. The Morgan fingerprint density at radius 1 is 1.43 bits per heavy atom. The standard InChI is InChI=1S/C18H28N2O2S/c1-13(19(2)12-14-6-3-8-16(14)21)18(22)20-10-4-7-15(20)17-9-5-11-23-17/h5,9,11,13-16,21H,3-4,6-8,10,12H2,1-2H3. The number of aliphatic hydroxyl groups is 1. The summed E-state index contributed by atoms with van der Waals surface area (Å²) in [6, 6.07) is 4.35. The molecule has 0 aromatic carbocycles. The van der Waals surface area contributed by atoms with Gasteiger partial charge in [-0.05, 0) is 57.0 Å². The number of hydrogen-bond donors (Lipinski definition) is 1. The molecule has 1 saturated carbocycles. The van der Waals surface area contributed by atoms with Gasteiger partial charge >= 0.3 is 0 Å². The van der Waals surface area contributed by atoms with Crippen LogP contribution in [-0.4, -0.2) is 53.1 Å². The van der Waals surface area contributed by atoms with Gasteiger partial charge in [-0.1, -0.05) is 12.5 Å². The third kappa shape index (κ3) is 3.62. The molecule has 0 bridgehead atoms. The van der Waals surface area contributed by atoms with E-state index in [1.807, 2.05) is 14.0 Å². The molecule has 1 aromatic heterocycles. The molecule has 1 N–H and O–H groups in total. The molecule has 1 amide bonds. The topological polar surface area (TPSA) is 43.8 Å². The smallest absolute Gasteiger partial charge is 0.240 e. The molecular weight excluding hydrogens is 308 g/mol. The molecule has 1 aliphatic carbocycles. The van der Waals surface area contributed by atoms with Crippen molar-refractivity contribution in [3.8, 4) is 0 Å². The zero-order valence-electron chi connectivity index (χ0n) is 14.1. The van der Waals surface area contributed by atoms with Crippen LogP contribution in [0.25, 0.3) is 0 Å². The molecule has 1 aromatic rings. The third-order valence-electron chi connectivity index (χ3n) is 5.57. The molecule has 1 saturated heterocycles. The van der Waals surface area contributed by atoms with E-state index in [1.54, 1.807) is 11.3 Å². The highest BCUT2D eigenvalue weighted by Gasteiger charge is 2.35. The first-order valence-electron chi connectivity index (χ1n) is 8.80. The molecule has 4 atom stereocenters. The average molecular weight is 337 g/mol. The summed E-state index contributed by atoms with van der Waals surface area (Å²) in [7, 11) is 2.02. The van der Waals surface area contributed by atoms with Crippen molar-refractivity contribution in [2.75, 3.05) is 20.1 Å². The maximum absolute atomic E-state index is 13.0. The Morgan fingerprint density at radius 3 is 2.91 bits per heavy atom. The van der Waals surface area contributed by atoms with Gasteiger partial charge in [0.1, 0.15) is 0 Å². The van der Waals surface area contributed by atoms with Gasteiger partial charge < -0.3 is 10.0 Å². The number of carbonyl (C=O) groups is 1. The summed E-state index contributed by atoms with van der Waals surface area (Å²) in [4.78, 5) is 18.5. The Balaban J connectivity index is 1.62. The second-order valence-corrected chi connectivity index (χ2v) is 8.06. The van der Waals surface area contributed by atoms with Gasteiger partial charge in [-0.3, -0.25) is 9.69 Å². The number of thiophene rings is 1. The van der Waals surface area contributed by atoms with Crippen molar-refractivity contribution in [2.24, 2.45) is 5.92 Å². The van der Waals surface area contributed by atoms with Crippen LogP contribution < -0.4 is 0 Å². The van der Waals surface area contributed by atoms with Gasteiger partial charge in [0, 0.05) is 18.0 Å². The minimum atomic E-state index is -0.189. The van der Waals surface area contributed by atoms with Gasteiger partial charge in [-0.25, -0.2) is 0 Å². The van der Waals surface area contributed by atoms with E-state index in [9.17, 15) is 9.90 Å². The lowest BCUT2D eigenvalue weighted by Gasteiger charge is -2.33. The molecule has 2 aliphatic rings. The zero-order chi connectivity index (χ0) is 16.4. The van der Waals surface area contributed by atoms with Crippen molar-refractivity contribution in [1.29, 1.82) is 0 Å². The van der Waals surface area contributed by atoms with E-state index in [2.05, 4.69) is 27.3 Å². The second kappa shape index (κ2) is 7.32. The Hall–Kier alpha value is -0.910. The number of aliphatic hydroxyl groups excluding tert-OH is 1. The lowest BCUT2D eigenvalue weighted by Crippen LogP contribution is -2.47. The lowest BCUT2D eigenvalue weighted by molar-refractivity contribution is -0.137. The average Bonchev–Trinajstić information content (AvgIpc) is 3.27. The molecule has 0 radical (unpaired) electrons. The van der Waals surface area contributed by atoms with Gasteiger partial charge in [0.15, 0.2) is 0 Å². The van der Waals surface area contributed by atoms with Gasteiger partial charge in [0.05, 0.1) is 18.2 Å². The minimum absolute atomic E-state index is 0.122. The molecule has 3 rings (SSSR count). The van der Waals surface area contributed by atoms with Gasteiger partial charge in [0.2, 0.25) is 5.91 Å². The van der Waals surface area contributed by atoms with Crippen molar-refractivity contribution in [3.05, 3.63) is 22.4 Å². The SMILES string of the molecule is CC(C(=O)N1CCCC1c1cccs1)N(C)CC1CCCC1O.